The molecule has 2 N–H and O–H groups in total. The summed E-state index contributed by atoms with van der Waals surface area (Å²) in [7, 11) is 0. The van der Waals surface area contributed by atoms with Crippen LogP contribution in [-0.2, 0) is 19.3 Å². The first kappa shape index (κ1) is 13.9. The van der Waals surface area contributed by atoms with Crippen molar-refractivity contribution in [1.82, 2.24) is 15.5 Å². The van der Waals surface area contributed by atoms with Gasteiger partial charge >= 0.3 is 0 Å². The first-order valence-corrected chi connectivity index (χ1v) is 7.64. The van der Waals surface area contributed by atoms with Gasteiger partial charge in [-0.2, -0.15) is 5.10 Å². The van der Waals surface area contributed by atoms with Gasteiger partial charge in [-0.25, -0.2) is 0 Å². The van der Waals surface area contributed by atoms with E-state index >= 15 is 0 Å². The molecule has 1 aliphatic carbocycles. The smallest absolute Gasteiger partial charge is 0.272 e. The van der Waals surface area contributed by atoms with E-state index in [1.165, 1.54) is 17.5 Å². The maximum absolute atomic E-state index is 12.2. The molecule has 4 nitrogen and oxygen atoms in total. The number of hydrogen-bond acceptors (Lipinski definition) is 2. The van der Waals surface area contributed by atoms with Crippen molar-refractivity contribution in [2.75, 3.05) is 6.54 Å². The van der Waals surface area contributed by atoms with Gasteiger partial charge in [0.05, 0.1) is 0 Å². The molecule has 0 saturated heterocycles. The highest BCUT2D eigenvalue weighted by Gasteiger charge is 2.21. The molecule has 0 bridgehead atoms. The predicted molar refractivity (Wildman–Crippen MR) is 82.4 cm³/mol. The van der Waals surface area contributed by atoms with Crippen molar-refractivity contribution in [1.29, 1.82) is 0 Å². The third-order valence-corrected chi connectivity index (χ3v) is 4.05. The van der Waals surface area contributed by atoms with Crippen molar-refractivity contribution in [3.8, 4) is 0 Å². The number of H-pyrrole nitrogens is 1. The van der Waals surface area contributed by atoms with Gasteiger partial charge < -0.3 is 5.32 Å². The predicted octanol–water partition coefficient (Wildman–Crippen LogP) is 2.57. The SMILES string of the molecule is Cc1cccc(CCNC(=O)c2n[nH]c3c2CCCC3)c1. The Morgan fingerprint density at radius 3 is 3.05 bits per heavy atom. The van der Waals surface area contributed by atoms with E-state index in [0.717, 1.165) is 36.9 Å². The highest BCUT2D eigenvalue weighted by molar-refractivity contribution is 5.94. The van der Waals surface area contributed by atoms with Gasteiger partial charge in [-0.3, -0.25) is 9.89 Å². The number of aryl methyl sites for hydroxylation is 2. The van der Waals surface area contributed by atoms with Crippen LogP contribution in [0.4, 0.5) is 0 Å². The van der Waals surface area contributed by atoms with Crippen LogP contribution >= 0.6 is 0 Å². The van der Waals surface area contributed by atoms with Crippen molar-refractivity contribution in [3.05, 3.63) is 52.3 Å². The average molecular weight is 283 g/mol. The number of carbonyl (C=O) groups is 1. The Morgan fingerprint density at radius 1 is 1.33 bits per heavy atom. The van der Waals surface area contributed by atoms with Crippen LogP contribution in [0.25, 0.3) is 0 Å². The molecule has 0 fully saturated rings. The first-order chi connectivity index (χ1) is 10.2. The van der Waals surface area contributed by atoms with Crippen LogP contribution in [0.5, 0.6) is 0 Å². The van der Waals surface area contributed by atoms with Crippen molar-refractivity contribution >= 4 is 5.91 Å². The zero-order valence-corrected chi connectivity index (χ0v) is 12.4. The van der Waals surface area contributed by atoms with Gasteiger partial charge in [0, 0.05) is 17.8 Å². The molecule has 1 aromatic carbocycles. The number of benzene rings is 1. The van der Waals surface area contributed by atoms with Crippen LogP contribution < -0.4 is 5.32 Å². The number of hydrogen-bond donors (Lipinski definition) is 2. The van der Waals surface area contributed by atoms with E-state index in [4.69, 9.17) is 0 Å². The van der Waals surface area contributed by atoms with Crippen LogP contribution in [-0.4, -0.2) is 22.6 Å². The highest BCUT2D eigenvalue weighted by Crippen LogP contribution is 2.21. The molecular formula is C17H21N3O. The number of carbonyl (C=O) groups excluding carboxylic acids is 1. The van der Waals surface area contributed by atoms with Crippen molar-refractivity contribution < 1.29 is 4.79 Å². The van der Waals surface area contributed by atoms with E-state index in [-0.39, 0.29) is 5.91 Å². The van der Waals surface area contributed by atoms with E-state index in [1.54, 1.807) is 0 Å². The van der Waals surface area contributed by atoms with Crippen molar-refractivity contribution in [2.45, 2.75) is 39.0 Å². The fourth-order valence-electron chi connectivity index (χ4n) is 2.94. The number of aromatic amines is 1. The van der Waals surface area contributed by atoms with Crippen molar-refractivity contribution in [2.24, 2.45) is 0 Å². The van der Waals surface area contributed by atoms with E-state index < -0.39 is 0 Å². The maximum atomic E-state index is 12.2. The van der Waals surface area contributed by atoms with E-state index in [0.29, 0.717) is 12.2 Å². The Labute approximate surface area is 125 Å². The number of aromatic nitrogens is 2. The molecule has 110 valence electrons. The normalized spacial score (nSPS) is 13.8. The summed E-state index contributed by atoms with van der Waals surface area (Å²) in [6.45, 7) is 2.72. The van der Waals surface area contributed by atoms with Gasteiger partial charge in [0.1, 0.15) is 0 Å². The van der Waals surface area contributed by atoms with E-state index in [9.17, 15) is 4.79 Å². The Kier molecular flexibility index (Phi) is 4.04. The van der Waals surface area contributed by atoms with Crippen LogP contribution in [0.1, 0.15) is 45.7 Å². The summed E-state index contributed by atoms with van der Waals surface area (Å²) < 4.78 is 0. The molecule has 0 atom stereocenters. The lowest BCUT2D eigenvalue weighted by molar-refractivity contribution is 0.0948. The van der Waals surface area contributed by atoms with Crippen LogP contribution in [0.15, 0.2) is 24.3 Å². The molecule has 1 amide bonds. The summed E-state index contributed by atoms with van der Waals surface area (Å²) in [5, 5.41) is 10.2. The molecule has 0 saturated carbocycles. The zero-order valence-electron chi connectivity index (χ0n) is 12.4. The highest BCUT2D eigenvalue weighted by atomic mass is 16.1. The van der Waals surface area contributed by atoms with Gasteiger partial charge in [0.2, 0.25) is 0 Å². The minimum absolute atomic E-state index is 0.0537. The Morgan fingerprint density at radius 2 is 2.19 bits per heavy atom. The molecule has 4 heteroatoms. The second-order valence-electron chi connectivity index (χ2n) is 5.73. The third kappa shape index (κ3) is 3.15. The molecule has 3 rings (SSSR count). The van der Waals surface area contributed by atoms with Gasteiger partial charge in [0.15, 0.2) is 5.69 Å². The number of rotatable bonds is 4. The number of nitrogens with one attached hydrogen (secondary N) is 2. The fourth-order valence-corrected chi connectivity index (χ4v) is 2.94. The first-order valence-electron chi connectivity index (χ1n) is 7.64. The molecule has 0 spiro atoms. The molecule has 1 aromatic heterocycles. The van der Waals surface area contributed by atoms with Gasteiger partial charge in [-0.1, -0.05) is 29.8 Å². The second-order valence-corrected chi connectivity index (χ2v) is 5.73. The standard InChI is InChI=1S/C17H21N3O/c1-12-5-4-6-13(11-12)9-10-18-17(21)16-14-7-2-3-8-15(14)19-20-16/h4-6,11H,2-3,7-10H2,1H3,(H,18,21)(H,19,20). The molecule has 0 radical (unpaired) electrons. The van der Waals surface area contributed by atoms with Crippen LogP contribution in [0.2, 0.25) is 0 Å². The average Bonchev–Trinajstić information content (AvgIpc) is 2.91. The number of fused-ring (bicyclic) bond motifs is 1. The molecule has 0 aliphatic heterocycles. The minimum atomic E-state index is -0.0537. The molecule has 1 aliphatic rings. The maximum Gasteiger partial charge on any atom is 0.272 e. The monoisotopic (exact) mass is 283 g/mol. The zero-order chi connectivity index (χ0) is 14.7. The fraction of sp³-hybridized carbons (Fsp3) is 0.412. The summed E-state index contributed by atoms with van der Waals surface area (Å²) in [6.07, 6.45) is 5.16. The number of amides is 1. The molecule has 2 aromatic rings. The number of nitrogens with zero attached hydrogens (tertiary/aromatic N) is 1. The summed E-state index contributed by atoms with van der Waals surface area (Å²) in [6, 6.07) is 8.38. The summed E-state index contributed by atoms with van der Waals surface area (Å²) in [5.41, 5.74) is 5.35. The van der Waals surface area contributed by atoms with E-state index in [2.05, 4.69) is 46.7 Å². The van der Waals surface area contributed by atoms with Crippen LogP contribution in [0.3, 0.4) is 0 Å². The second kappa shape index (κ2) is 6.12. The van der Waals surface area contributed by atoms with Crippen molar-refractivity contribution in [3.63, 3.8) is 0 Å². The molecular weight excluding hydrogens is 262 g/mol. The lowest BCUT2D eigenvalue weighted by Crippen LogP contribution is -2.27. The van der Waals surface area contributed by atoms with Gasteiger partial charge in [-0.15, -0.1) is 0 Å². The van der Waals surface area contributed by atoms with Gasteiger partial charge in [-0.05, 0) is 44.6 Å². The van der Waals surface area contributed by atoms with E-state index in [1.807, 2.05) is 0 Å². The lowest BCUT2D eigenvalue weighted by Gasteiger charge is -2.11. The quantitative estimate of drug-likeness (QED) is 0.906. The lowest BCUT2D eigenvalue weighted by atomic mass is 9.96. The molecule has 0 unspecified atom stereocenters. The van der Waals surface area contributed by atoms with Gasteiger partial charge in [0.25, 0.3) is 5.91 Å². The minimum Gasteiger partial charge on any atom is -0.350 e. The molecule has 1 heterocycles. The summed E-state index contributed by atoms with van der Waals surface area (Å²) in [5.74, 6) is -0.0537. The van der Waals surface area contributed by atoms with Crippen LogP contribution in [0, 0.1) is 6.92 Å². The third-order valence-electron chi connectivity index (χ3n) is 4.05. The Balaban J connectivity index is 1.58. The largest absolute Gasteiger partial charge is 0.350 e. The summed E-state index contributed by atoms with van der Waals surface area (Å²) >= 11 is 0. The molecule has 21 heavy (non-hydrogen) atoms. The summed E-state index contributed by atoms with van der Waals surface area (Å²) in [4.78, 5) is 12.2. The Bertz CT molecular complexity index is 645. The Hall–Kier alpha value is -2.10. The topological polar surface area (TPSA) is 57.8 Å².